The van der Waals surface area contributed by atoms with E-state index < -0.39 is 18.2 Å². The number of amides is 1. The van der Waals surface area contributed by atoms with Gasteiger partial charge in [0.15, 0.2) is 6.29 Å². The smallest absolute Gasteiger partial charge is 0.303 e. The summed E-state index contributed by atoms with van der Waals surface area (Å²) in [6.45, 7) is 0.627. The number of nitrogens with one attached hydrogen (secondary N) is 1. The summed E-state index contributed by atoms with van der Waals surface area (Å²) in [5.41, 5.74) is 3.49. The Labute approximate surface area is 134 Å². The lowest BCUT2D eigenvalue weighted by molar-refractivity contribution is -0.186. The fourth-order valence-corrected chi connectivity index (χ4v) is 2.31. The molecule has 1 aliphatic rings. The number of carboxylic acids is 1. The molecule has 0 aliphatic carbocycles. The first kappa shape index (κ1) is 17.2. The Hall–Kier alpha value is -2.12. The van der Waals surface area contributed by atoms with Gasteiger partial charge in [-0.2, -0.15) is 0 Å². The van der Waals surface area contributed by atoms with Crippen LogP contribution in [0.3, 0.4) is 0 Å². The number of aryl methyl sites for hydroxylation is 1. The molecule has 1 unspecified atom stereocenters. The summed E-state index contributed by atoms with van der Waals surface area (Å²) >= 11 is 0. The van der Waals surface area contributed by atoms with E-state index in [1.54, 1.807) is 18.2 Å². The number of hydroxylamine groups is 1. The minimum atomic E-state index is -0.869. The van der Waals surface area contributed by atoms with Crippen LogP contribution in [0.5, 0.6) is 5.75 Å². The van der Waals surface area contributed by atoms with Crippen molar-refractivity contribution in [2.24, 2.45) is 0 Å². The van der Waals surface area contributed by atoms with Gasteiger partial charge in [-0.05, 0) is 37.0 Å². The Morgan fingerprint density at radius 2 is 2.22 bits per heavy atom. The summed E-state index contributed by atoms with van der Waals surface area (Å²) in [7, 11) is 1.46. The number of hydrogen-bond acceptors (Lipinski definition) is 5. The van der Waals surface area contributed by atoms with Crippen molar-refractivity contribution in [3.05, 3.63) is 29.3 Å². The number of carboxylic acid groups (broad SMARTS) is 1. The van der Waals surface area contributed by atoms with E-state index in [4.69, 9.17) is 19.4 Å². The predicted molar refractivity (Wildman–Crippen MR) is 81.1 cm³/mol. The minimum Gasteiger partial charge on any atom is -0.496 e. The van der Waals surface area contributed by atoms with Crippen LogP contribution < -0.4 is 10.2 Å². The number of methoxy groups -OCH3 is 1. The third kappa shape index (κ3) is 5.22. The van der Waals surface area contributed by atoms with Crippen LogP contribution in [0.4, 0.5) is 0 Å². The second-order valence-electron chi connectivity index (χ2n) is 5.27. The zero-order valence-corrected chi connectivity index (χ0v) is 13.0. The van der Waals surface area contributed by atoms with Crippen molar-refractivity contribution in [2.75, 3.05) is 13.7 Å². The molecule has 2 rings (SSSR count). The second kappa shape index (κ2) is 8.50. The average molecular weight is 323 g/mol. The molecular formula is C16H21NO6. The van der Waals surface area contributed by atoms with Crippen molar-refractivity contribution in [2.45, 2.75) is 38.4 Å². The van der Waals surface area contributed by atoms with E-state index in [1.807, 2.05) is 0 Å². The largest absolute Gasteiger partial charge is 0.496 e. The maximum absolute atomic E-state index is 12.2. The van der Waals surface area contributed by atoms with E-state index >= 15 is 0 Å². The Morgan fingerprint density at radius 3 is 2.87 bits per heavy atom. The van der Waals surface area contributed by atoms with Gasteiger partial charge in [-0.25, -0.2) is 10.3 Å². The molecular weight excluding hydrogens is 302 g/mol. The van der Waals surface area contributed by atoms with Crippen LogP contribution in [0.25, 0.3) is 0 Å². The molecule has 1 atom stereocenters. The van der Waals surface area contributed by atoms with Gasteiger partial charge in [0, 0.05) is 19.4 Å². The van der Waals surface area contributed by atoms with Crippen LogP contribution in [0.15, 0.2) is 18.2 Å². The third-order valence-electron chi connectivity index (χ3n) is 3.56. The maximum atomic E-state index is 12.2. The van der Waals surface area contributed by atoms with Gasteiger partial charge in [-0.3, -0.25) is 9.59 Å². The summed E-state index contributed by atoms with van der Waals surface area (Å²) in [5.74, 6) is -0.925. The van der Waals surface area contributed by atoms with Crippen molar-refractivity contribution < 1.29 is 29.0 Å². The number of carbonyl (C=O) groups excluding carboxylic acids is 1. The van der Waals surface area contributed by atoms with Gasteiger partial charge in [0.2, 0.25) is 0 Å². The van der Waals surface area contributed by atoms with Gasteiger partial charge in [-0.15, -0.1) is 0 Å². The molecule has 1 heterocycles. The number of benzene rings is 1. The molecule has 0 spiro atoms. The Morgan fingerprint density at radius 1 is 1.39 bits per heavy atom. The molecule has 1 amide bonds. The Bertz CT molecular complexity index is 554. The average Bonchev–Trinajstić information content (AvgIpc) is 2.58. The number of hydrogen-bond donors (Lipinski definition) is 2. The van der Waals surface area contributed by atoms with Crippen molar-refractivity contribution in [3.63, 3.8) is 0 Å². The molecule has 23 heavy (non-hydrogen) atoms. The van der Waals surface area contributed by atoms with Crippen LogP contribution in [-0.2, 0) is 20.8 Å². The summed E-state index contributed by atoms with van der Waals surface area (Å²) in [6.07, 6.45) is 2.72. The molecule has 7 nitrogen and oxygen atoms in total. The highest BCUT2D eigenvalue weighted by atomic mass is 16.8. The Kier molecular flexibility index (Phi) is 6.37. The molecule has 1 aliphatic heterocycles. The van der Waals surface area contributed by atoms with Crippen molar-refractivity contribution >= 4 is 11.9 Å². The predicted octanol–water partition coefficient (Wildman–Crippen LogP) is 1.90. The van der Waals surface area contributed by atoms with E-state index in [9.17, 15) is 9.59 Å². The molecule has 0 saturated carbocycles. The fraction of sp³-hybridized carbons (Fsp3) is 0.500. The van der Waals surface area contributed by atoms with Gasteiger partial charge in [0.1, 0.15) is 5.75 Å². The lowest BCUT2D eigenvalue weighted by Crippen LogP contribution is -2.33. The molecule has 126 valence electrons. The minimum absolute atomic E-state index is 0.0246. The van der Waals surface area contributed by atoms with Crippen LogP contribution >= 0.6 is 0 Å². The highest BCUT2D eigenvalue weighted by molar-refractivity contribution is 5.96. The zero-order chi connectivity index (χ0) is 16.7. The van der Waals surface area contributed by atoms with E-state index in [1.165, 1.54) is 7.11 Å². The molecule has 0 bridgehead atoms. The van der Waals surface area contributed by atoms with Gasteiger partial charge >= 0.3 is 5.97 Å². The molecule has 1 aromatic rings. The monoisotopic (exact) mass is 323 g/mol. The molecule has 7 heteroatoms. The molecule has 1 saturated heterocycles. The highest BCUT2D eigenvalue weighted by Gasteiger charge is 2.18. The SMILES string of the molecule is COc1cc(CCC(=O)O)ccc1C(=O)NOC1CCCCO1. The first-order valence-electron chi connectivity index (χ1n) is 7.56. The standard InChI is InChI=1S/C16H21NO6/c1-21-13-10-11(6-8-14(18)19)5-7-12(13)16(20)17-23-15-4-2-3-9-22-15/h5,7,10,15H,2-4,6,8-9H2,1H3,(H,17,20)(H,18,19). The first-order valence-corrected chi connectivity index (χ1v) is 7.56. The first-order chi connectivity index (χ1) is 11.1. The molecule has 0 radical (unpaired) electrons. The summed E-state index contributed by atoms with van der Waals surface area (Å²) < 4.78 is 10.6. The van der Waals surface area contributed by atoms with Crippen molar-refractivity contribution in [3.8, 4) is 5.75 Å². The van der Waals surface area contributed by atoms with Gasteiger partial charge in [0.05, 0.1) is 12.7 Å². The molecule has 1 aromatic carbocycles. The molecule has 1 fully saturated rings. The summed E-state index contributed by atoms with van der Waals surface area (Å²) in [6, 6.07) is 4.96. The normalized spacial score (nSPS) is 17.5. The van der Waals surface area contributed by atoms with Gasteiger partial charge in [0.25, 0.3) is 5.91 Å². The number of aliphatic carboxylic acids is 1. The van der Waals surface area contributed by atoms with Crippen LogP contribution in [0.2, 0.25) is 0 Å². The summed E-state index contributed by atoms with van der Waals surface area (Å²) in [4.78, 5) is 28.0. The number of rotatable bonds is 7. The molecule has 2 N–H and O–H groups in total. The van der Waals surface area contributed by atoms with Crippen molar-refractivity contribution in [1.82, 2.24) is 5.48 Å². The third-order valence-corrected chi connectivity index (χ3v) is 3.56. The second-order valence-corrected chi connectivity index (χ2v) is 5.27. The number of ether oxygens (including phenoxy) is 2. The Balaban J connectivity index is 1.96. The van der Waals surface area contributed by atoms with E-state index in [2.05, 4.69) is 5.48 Å². The van der Waals surface area contributed by atoms with E-state index in [0.717, 1.165) is 24.8 Å². The fourth-order valence-electron chi connectivity index (χ4n) is 2.31. The van der Waals surface area contributed by atoms with Crippen LogP contribution in [-0.4, -0.2) is 37.0 Å². The lowest BCUT2D eigenvalue weighted by Gasteiger charge is -2.22. The molecule has 0 aromatic heterocycles. The van der Waals surface area contributed by atoms with Crippen molar-refractivity contribution in [1.29, 1.82) is 0 Å². The zero-order valence-electron chi connectivity index (χ0n) is 13.0. The van der Waals surface area contributed by atoms with E-state index in [0.29, 0.717) is 24.3 Å². The lowest BCUT2D eigenvalue weighted by atomic mass is 10.1. The number of carbonyl (C=O) groups is 2. The van der Waals surface area contributed by atoms with Gasteiger partial charge < -0.3 is 14.6 Å². The van der Waals surface area contributed by atoms with Crippen LogP contribution in [0, 0.1) is 0 Å². The van der Waals surface area contributed by atoms with Crippen LogP contribution in [0.1, 0.15) is 41.6 Å². The highest BCUT2D eigenvalue weighted by Crippen LogP contribution is 2.21. The quantitative estimate of drug-likeness (QED) is 0.744. The topological polar surface area (TPSA) is 94.1 Å². The maximum Gasteiger partial charge on any atom is 0.303 e. The van der Waals surface area contributed by atoms with Gasteiger partial charge in [-0.1, -0.05) is 6.07 Å². The van der Waals surface area contributed by atoms with E-state index in [-0.39, 0.29) is 6.42 Å². The summed E-state index contributed by atoms with van der Waals surface area (Å²) in [5, 5.41) is 8.71.